The van der Waals surface area contributed by atoms with Crippen molar-refractivity contribution in [3.8, 4) is 0 Å². The average molecular weight is 311 g/mol. The van der Waals surface area contributed by atoms with Crippen molar-refractivity contribution in [1.29, 1.82) is 0 Å². The van der Waals surface area contributed by atoms with Crippen LogP contribution in [-0.4, -0.2) is 51.2 Å². The van der Waals surface area contributed by atoms with Gasteiger partial charge in [0, 0.05) is 37.4 Å². The van der Waals surface area contributed by atoms with Gasteiger partial charge in [-0.2, -0.15) is 0 Å². The van der Waals surface area contributed by atoms with Gasteiger partial charge in [-0.1, -0.05) is 6.92 Å². The zero-order valence-corrected chi connectivity index (χ0v) is 12.9. The van der Waals surface area contributed by atoms with Crippen molar-refractivity contribution < 1.29 is 13.2 Å². The molecule has 116 valence electrons. The summed E-state index contributed by atoms with van der Waals surface area (Å²) in [6.45, 7) is 4.82. The molecule has 7 heteroatoms. The van der Waals surface area contributed by atoms with Crippen molar-refractivity contribution in [2.24, 2.45) is 0 Å². The fourth-order valence-electron chi connectivity index (χ4n) is 2.23. The number of hydrogen-bond donors (Lipinski definition) is 2. The van der Waals surface area contributed by atoms with Crippen LogP contribution in [0, 0.1) is 0 Å². The van der Waals surface area contributed by atoms with Gasteiger partial charge in [-0.15, -0.1) is 0 Å². The first-order valence-corrected chi connectivity index (χ1v) is 8.77. The first kappa shape index (κ1) is 15.8. The Labute approximate surface area is 125 Å². The molecule has 1 aromatic carbocycles. The van der Waals surface area contributed by atoms with E-state index in [1.54, 1.807) is 29.2 Å². The van der Waals surface area contributed by atoms with Crippen LogP contribution in [0.4, 0.5) is 5.69 Å². The number of piperazine rings is 1. The lowest BCUT2D eigenvalue weighted by atomic mass is 10.1. The summed E-state index contributed by atoms with van der Waals surface area (Å²) in [7, 11) is -3.29. The van der Waals surface area contributed by atoms with E-state index in [1.807, 2.05) is 6.92 Å². The van der Waals surface area contributed by atoms with E-state index in [-0.39, 0.29) is 11.7 Å². The zero-order chi connectivity index (χ0) is 15.3. The molecule has 2 rings (SSSR count). The molecule has 1 aliphatic rings. The highest BCUT2D eigenvalue weighted by atomic mass is 32.2. The van der Waals surface area contributed by atoms with Crippen molar-refractivity contribution >= 4 is 21.6 Å². The summed E-state index contributed by atoms with van der Waals surface area (Å²) in [5.41, 5.74) is 1.07. The van der Waals surface area contributed by atoms with Gasteiger partial charge in [0.25, 0.3) is 5.91 Å². The molecule has 0 aliphatic carbocycles. The summed E-state index contributed by atoms with van der Waals surface area (Å²) >= 11 is 0. The molecular weight excluding hydrogens is 290 g/mol. The van der Waals surface area contributed by atoms with Gasteiger partial charge in [-0.05, 0) is 30.7 Å². The van der Waals surface area contributed by atoms with E-state index in [9.17, 15) is 13.2 Å². The second-order valence-corrected chi connectivity index (χ2v) is 6.88. The van der Waals surface area contributed by atoms with Crippen molar-refractivity contribution in [2.75, 3.05) is 36.7 Å². The summed E-state index contributed by atoms with van der Waals surface area (Å²) < 4.78 is 25.8. The Hall–Kier alpha value is -1.60. The normalized spacial score (nSPS) is 15.8. The first-order valence-electron chi connectivity index (χ1n) is 7.12. The van der Waals surface area contributed by atoms with E-state index in [0.717, 1.165) is 13.1 Å². The van der Waals surface area contributed by atoms with Gasteiger partial charge in [-0.25, -0.2) is 8.42 Å². The van der Waals surface area contributed by atoms with Crippen LogP contribution in [0.3, 0.4) is 0 Å². The smallest absolute Gasteiger partial charge is 0.253 e. The lowest BCUT2D eigenvalue weighted by Gasteiger charge is -2.27. The SMILES string of the molecule is CCCS(=O)(=O)Nc1ccc(C(=O)N2CCNCC2)cc1. The lowest BCUT2D eigenvalue weighted by molar-refractivity contribution is 0.0736. The second kappa shape index (κ2) is 6.91. The van der Waals surface area contributed by atoms with Gasteiger partial charge in [0.2, 0.25) is 10.0 Å². The van der Waals surface area contributed by atoms with Gasteiger partial charge in [0.05, 0.1) is 5.75 Å². The summed E-state index contributed by atoms with van der Waals surface area (Å²) in [5, 5.41) is 3.20. The Morgan fingerprint density at radius 3 is 2.43 bits per heavy atom. The molecule has 0 radical (unpaired) electrons. The Bertz CT molecular complexity index is 578. The Morgan fingerprint density at radius 1 is 1.24 bits per heavy atom. The molecule has 1 heterocycles. The van der Waals surface area contributed by atoms with Crippen LogP contribution < -0.4 is 10.0 Å². The maximum absolute atomic E-state index is 12.3. The van der Waals surface area contributed by atoms with Crippen LogP contribution >= 0.6 is 0 Å². The summed E-state index contributed by atoms with van der Waals surface area (Å²) in [4.78, 5) is 14.1. The molecule has 0 saturated carbocycles. The average Bonchev–Trinajstić information content (AvgIpc) is 2.48. The maximum atomic E-state index is 12.3. The highest BCUT2D eigenvalue weighted by Gasteiger charge is 2.18. The summed E-state index contributed by atoms with van der Waals surface area (Å²) in [6.07, 6.45) is 0.564. The Balaban J connectivity index is 2.03. The molecule has 21 heavy (non-hydrogen) atoms. The highest BCUT2D eigenvalue weighted by molar-refractivity contribution is 7.92. The number of hydrogen-bond acceptors (Lipinski definition) is 4. The zero-order valence-electron chi connectivity index (χ0n) is 12.1. The minimum atomic E-state index is -3.29. The Kier molecular flexibility index (Phi) is 5.19. The first-order chi connectivity index (χ1) is 10.0. The molecule has 1 saturated heterocycles. The molecule has 0 atom stereocenters. The fourth-order valence-corrected chi connectivity index (χ4v) is 3.37. The van der Waals surface area contributed by atoms with E-state index in [2.05, 4.69) is 10.0 Å². The number of benzene rings is 1. The number of anilines is 1. The topological polar surface area (TPSA) is 78.5 Å². The van der Waals surface area contributed by atoms with Gasteiger partial charge < -0.3 is 10.2 Å². The minimum Gasteiger partial charge on any atom is -0.336 e. The van der Waals surface area contributed by atoms with Crippen molar-refractivity contribution in [3.63, 3.8) is 0 Å². The number of nitrogens with one attached hydrogen (secondary N) is 2. The fraction of sp³-hybridized carbons (Fsp3) is 0.500. The number of carbonyl (C=O) groups excluding carboxylic acids is 1. The van der Waals surface area contributed by atoms with Gasteiger partial charge >= 0.3 is 0 Å². The van der Waals surface area contributed by atoms with Gasteiger partial charge in [0.1, 0.15) is 0 Å². The van der Waals surface area contributed by atoms with E-state index in [4.69, 9.17) is 0 Å². The number of rotatable bonds is 5. The maximum Gasteiger partial charge on any atom is 0.253 e. The lowest BCUT2D eigenvalue weighted by Crippen LogP contribution is -2.46. The van der Waals surface area contributed by atoms with E-state index < -0.39 is 10.0 Å². The Morgan fingerprint density at radius 2 is 1.86 bits per heavy atom. The predicted octanol–water partition coefficient (Wildman–Crippen LogP) is 0.884. The molecule has 2 N–H and O–H groups in total. The number of amides is 1. The van der Waals surface area contributed by atoms with Crippen molar-refractivity contribution in [2.45, 2.75) is 13.3 Å². The largest absolute Gasteiger partial charge is 0.336 e. The second-order valence-electron chi connectivity index (χ2n) is 5.04. The number of sulfonamides is 1. The van der Waals surface area contributed by atoms with Crippen LogP contribution in [0.5, 0.6) is 0 Å². The third-order valence-electron chi connectivity index (χ3n) is 3.28. The molecule has 1 aromatic rings. The van der Waals surface area contributed by atoms with Gasteiger partial charge in [0.15, 0.2) is 0 Å². The standard InChI is InChI=1S/C14H21N3O3S/c1-2-11-21(19,20)16-13-5-3-12(4-6-13)14(18)17-9-7-15-8-10-17/h3-6,15-16H,2,7-11H2,1H3. The van der Waals surface area contributed by atoms with E-state index >= 15 is 0 Å². The molecule has 1 aliphatic heterocycles. The van der Waals surface area contributed by atoms with Crippen LogP contribution in [0.1, 0.15) is 23.7 Å². The molecule has 0 unspecified atom stereocenters. The highest BCUT2D eigenvalue weighted by Crippen LogP contribution is 2.14. The summed E-state index contributed by atoms with van der Waals surface area (Å²) in [5.74, 6) is 0.0773. The molecule has 1 amide bonds. The molecule has 6 nitrogen and oxygen atoms in total. The third-order valence-corrected chi connectivity index (χ3v) is 4.77. The van der Waals surface area contributed by atoms with Crippen LogP contribution in [0.15, 0.2) is 24.3 Å². The summed E-state index contributed by atoms with van der Waals surface area (Å²) in [6, 6.07) is 6.58. The van der Waals surface area contributed by atoms with Crippen LogP contribution in [0.25, 0.3) is 0 Å². The van der Waals surface area contributed by atoms with E-state index in [1.165, 1.54) is 0 Å². The van der Waals surface area contributed by atoms with Gasteiger partial charge in [-0.3, -0.25) is 9.52 Å². The van der Waals surface area contributed by atoms with E-state index in [0.29, 0.717) is 30.8 Å². The van der Waals surface area contributed by atoms with Crippen molar-refractivity contribution in [3.05, 3.63) is 29.8 Å². The van der Waals surface area contributed by atoms with Crippen molar-refractivity contribution in [1.82, 2.24) is 10.2 Å². The molecule has 0 spiro atoms. The molecule has 1 fully saturated rings. The molecule has 0 aromatic heterocycles. The van der Waals surface area contributed by atoms with Crippen LogP contribution in [0.2, 0.25) is 0 Å². The minimum absolute atomic E-state index is 0.0144. The number of carbonyl (C=O) groups is 1. The number of nitrogens with zero attached hydrogens (tertiary/aromatic N) is 1. The quantitative estimate of drug-likeness (QED) is 0.846. The molecular formula is C14H21N3O3S. The predicted molar refractivity (Wildman–Crippen MR) is 82.9 cm³/mol. The van der Waals surface area contributed by atoms with Crippen LogP contribution in [-0.2, 0) is 10.0 Å². The molecule has 0 bridgehead atoms. The monoisotopic (exact) mass is 311 g/mol. The third kappa shape index (κ3) is 4.44.